The molecule has 1 unspecified atom stereocenters. The number of carbonyl (C=O) groups is 2. The van der Waals surface area contributed by atoms with Gasteiger partial charge in [-0.2, -0.15) is 10.2 Å². The number of aromatic nitrogens is 4. The van der Waals surface area contributed by atoms with E-state index in [-0.39, 0.29) is 24.4 Å². The Hall–Kier alpha value is -4.20. The molecule has 4 aromatic rings. The Morgan fingerprint density at radius 3 is 2.35 bits per heavy atom. The topological polar surface area (TPSA) is 93.8 Å². The van der Waals surface area contributed by atoms with Crippen LogP contribution in [-0.4, -0.2) is 31.4 Å². The number of anilines is 1. The molecule has 1 atom stereocenters. The zero-order valence-corrected chi connectivity index (χ0v) is 16.8. The smallest absolute Gasteiger partial charge is 0.255 e. The molecule has 0 radical (unpaired) electrons. The maximum atomic E-state index is 12.7. The quantitative estimate of drug-likeness (QED) is 0.464. The van der Waals surface area contributed by atoms with Crippen LogP contribution in [0.3, 0.4) is 0 Å². The summed E-state index contributed by atoms with van der Waals surface area (Å²) < 4.78 is 3.27. The number of hydrogen-bond donors (Lipinski definition) is 2. The highest BCUT2D eigenvalue weighted by molar-refractivity contribution is 6.04. The second-order valence-electron chi connectivity index (χ2n) is 7.01. The van der Waals surface area contributed by atoms with Gasteiger partial charge in [-0.3, -0.25) is 19.0 Å². The van der Waals surface area contributed by atoms with Crippen molar-refractivity contribution in [2.24, 2.45) is 0 Å². The Bertz CT molecular complexity index is 1120. The van der Waals surface area contributed by atoms with Crippen LogP contribution in [0.4, 0.5) is 5.69 Å². The molecule has 4 rings (SSSR count). The number of carbonyl (C=O) groups excluding carboxylic acids is 2. The first-order valence-electron chi connectivity index (χ1n) is 9.88. The summed E-state index contributed by atoms with van der Waals surface area (Å²) in [6.07, 6.45) is 6.72. The number of nitrogens with one attached hydrogen (secondary N) is 2. The molecule has 2 amide bonds. The van der Waals surface area contributed by atoms with Crippen LogP contribution in [0.15, 0.2) is 91.5 Å². The zero-order valence-electron chi connectivity index (χ0n) is 16.8. The summed E-state index contributed by atoms with van der Waals surface area (Å²) in [5, 5.41) is 14.2. The fourth-order valence-electron chi connectivity index (χ4n) is 3.21. The second-order valence-corrected chi connectivity index (χ2v) is 7.01. The van der Waals surface area contributed by atoms with E-state index in [0.29, 0.717) is 17.8 Å². The molecule has 8 nitrogen and oxygen atoms in total. The molecule has 156 valence electrons. The van der Waals surface area contributed by atoms with Crippen LogP contribution in [0.5, 0.6) is 0 Å². The summed E-state index contributed by atoms with van der Waals surface area (Å²) in [4.78, 5) is 25.0. The molecule has 0 fully saturated rings. The second kappa shape index (κ2) is 9.53. The molecule has 0 aliphatic carbocycles. The van der Waals surface area contributed by atoms with Crippen molar-refractivity contribution >= 4 is 17.5 Å². The Morgan fingerprint density at radius 2 is 1.65 bits per heavy atom. The minimum Gasteiger partial charge on any atom is -0.346 e. The van der Waals surface area contributed by atoms with E-state index < -0.39 is 0 Å². The molecule has 2 heterocycles. The summed E-state index contributed by atoms with van der Waals surface area (Å²) in [6.45, 7) is 0.546. The number of nitrogens with zero attached hydrogens (tertiary/aromatic N) is 4. The third kappa shape index (κ3) is 5.45. The Kier molecular flexibility index (Phi) is 6.18. The summed E-state index contributed by atoms with van der Waals surface area (Å²) in [7, 11) is 0. The summed E-state index contributed by atoms with van der Waals surface area (Å²) in [5.74, 6) is -0.419. The normalized spacial score (nSPS) is 11.6. The summed E-state index contributed by atoms with van der Waals surface area (Å²) in [5.41, 5.74) is 2.07. The number of hydrogen-bond acceptors (Lipinski definition) is 4. The van der Waals surface area contributed by atoms with Gasteiger partial charge in [-0.05, 0) is 23.8 Å². The Balaban J connectivity index is 1.38. The van der Waals surface area contributed by atoms with Crippen molar-refractivity contribution in [1.29, 1.82) is 0 Å². The van der Waals surface area contributed by atoms with Gasteiger partial charge in [0.25, 0.3) is 5.91 Å². The van der Waals surface area contributed by atoms with Crippen LogP contribution < -0.4 is 10.6 Å². The van der Waals surface area contributed by atoms with Gasteiger partial charge in [-0.15, -0.1) is 0 Å². The Morgan fingerprint density at radius 1 is 0.903 bits per heavy atom. The lowest BCUT2D eigenvalue weighted by atomic mass is 10.1. The predicted octanol–water partition coefficient (Wildman–Crippen LogP) is 2.89. The molecule has 0 aliphatic heterocycles. The van der Waals surface area contributed by atoms with Crippen molar-refractivity contribution in [3.8, 4) is 0 Å². The summed E-state index contributed by atoms with van der Waals surface area (Å²) >= 11 is 0. The van der Waals surface area contributed by atoms with E-state index in [9.17, 15) is 9.59 Å². The maximum absolute atomic E-state index is 12.7. The van der Waals surface area contributed by atoms with E-state index in [1.165, 1.54) is 10.9 Å². The van der Waals surface area contributed by atoms with Crippen LogP contribution in [-0.2, 0) is 17.9 Å². The first kappa shape index (κ1) is 20.1. The third-order valence-corrected chi connectivity index (χ3v) is 4.70. The monoisotopic (exact) mass is 414 g/mol. The van der Waals surface area contributed by atoms with Gasteiger partial charge >= 0.3 is 0 Å². The molecule has 2 N–H and O–H groups in total. The fourth-order valence-corrected chi connectivity index (χ4v) is 3.21. The molecule has 0 bridgehead atoms. The molecule has 0 saturated heterocycles. The van der Waals surface area contributed by atoms with Gasteiger partial charge in [0.05, 0.1) is 24.5 Å². The van der Waals surface area contributed by atoms with Gasteiger partial charge in [-0.1, -0.05) is 48.5 Å². The Labute approximate surface area is 179 Å². The van der Waals surface area contributed by atoms with Crippen molar-refractivity contribution in [3.63, 3.8) is 0 Å². The maximum Gasteiger partial charge on any atom is 0.255 e. The van der Waals surface area contributed by atoms with E-state index in [0.717, 1.165) is 5.56 Å². The van der Waals surface area contributed by atoms with Crippen molar-refractivity contribution in [3.05, 3.63) is 103 Å². The van der Waals surface area contributed by atoms with Gasteiger partial charge < -0.3 is 10.6 Å². The average molecular weight is 414 g/mol. The van der Waals surface area contributed by atoms with E-state index in [4.69, 9.17) is 0 Å². The van der Waals surface area contributed by atoms with Crippen LogP contribution >= 0.6 is 0 Å². The highest BCUT2D eigenvalue weighted by Gasteiger charge is 2.16. The lowest BCUT2D eigenvalue weighted by Crippen LogP contribution is -2.34. The largest absolute Gasteiger partial charge is 0.346 e. The SMILES string of the molecule is O=C(Cn1cc(NC(=O)c2ccccc2)cn1)NC(Cn1cccn1)c1ccccc1. The fraction of sp³-hybridized carbons (Fsp3) is 0.130. The van der Waals surface area contributed by atoms with E-state index in [1.807, 2.05) is 48.7 Å². The molecule has 2 aromatic heterocycles. The molecule has 2 aromatic carbocycles. The molecular weight excluding hydrogens is 392 g/mol. The minimum atomic E-state index is -0.235. The zero-order chi connectivity index (χ0) is 21.5. The number of rotatable bonds is 8. The lowest BCUT2D eigenvalue weighted by molar-refractivity contribution is -0.122. The van der Waals surface area contributed by atoms with E-state index in [1.54, 1.807) is 41.3 Å². The van der Waals surface area contributed by atoms with Gasteiger partial charge in [0, 0.05) is 24.2 Å². The minimum absolute atomic E-state index is 0.0314. The van der Waals surface area contributed by atoms with Crippen molar-refractivity contribution in [1.82, 2.24) is 24.9 Å². The van der Waals surface area contributed by atoms with Gasteiger partial charge in [0.1, 0.15) is 6.54 Å². The first-order valence-corrected chi connectivity index (χ1v) is 9.88. The number of amides is 2. The first-order chi connectivity index (χ1) is 15.2. The van der Waals surface area contributed by atoms with Crippen LogP contribution in [0, 0.1) is 0 Å². The van der Waals surface area contributed by atoms with Gasteiger partial charge in [0.2, 0.25) is 5.91 Å². The van der Waals surface area contributed by atoms with Crippen molar-refractivity contribution in [2.45, 2.75) is 19.1 Å². The highest BCUT2D eigenvalue weighted by atomic mass is 16.2. The molecule has 31 heavy (non-hydrogen) atoms. The summed E-state index contributed by atoms with van der Waals surface area (Å²) in [6, 6.07) is 20.3. The molecular formula is C23H22N6O2. The van der Waals surface area contributed by atoms with Gasteiger partial charge in [-0.25, -0.2) is 0 Å². The van der Waals surface area contributed by atoms with Crippen LogP contribution in [0.2, 0.25) is 0 Å². The highest BCUT2D eigenvalue weighted by Crippen LogP contribution is 2.15. The van der Waals surface area contributed by atoms with Crippen molar-refractivity contribution in [2.75, 3.05) is 5.32 Å². The standard InChI is InChI=1S/C23H22N6O2/c30-22(27-21(16-28-13-7-12-24-28)18-8-3-1-4-9-18)17-29-15-20(14-25-29)26-23(31)19-10-5-2-6-11-19/h1-15,21H,16-17H2,(H,26,31)(H,27,30). The van der Waals surface area contributed by atoms with Crippen molar-refractivity contribution < 1.29 is 9.59 Å². The average Bonchev–Trinajstić information content (AvgIpc) is 3.46. The van der Waals surface area contributed by atoms with Crippen LogP contribution in [0.25, 0.3) is 0 Å². The molecule has 0 spiro atoms. The van der Waals surface area contributed by atoms with E-state index >= 15 is 0 Å². The van der Waals surface area contributed by atoms with Gasteiger partial charge in [0.15, 0.2) is 0 Å². The predicted molar refractivity (Wildman–Crippen MR) is 116 cm³/mol. The molecule has 8 heteroatoms. The van der Waals surface area contributed by atoms with E-state index in [2.05, 4.69) is 20.8 Å². The molecule has 0 aliphatic rings. The number of benzene rings is 2. The van der Waals surface area contributed by atoms with Crippen LogP contribution in [0.1, 0.15) is 22.0 Å². The third-order valence-electron chi connectivity index (χ3n) is 4.70. The lowest BCUT2D eigenvalue weighted by Gasteiger charge is -2.19. The molecule has 0 saturated carbocycles.